The first-order chi connectivity index (χ1) is 15.3. The zero-order valence-electron chi connectivity index (χ0n) is 17.7. The number of rotatable bonds is 4. The van der Waals surface area contributed by atoms with Gasteiger partial charge in [0.2, 0.25) is 0 Å². The van der Waals surface area contributed by atoms with Crippen molar-refractivity contribution >= 4 is 5.69 Å². The van der Waals surface area contributed by atoms with Crippen LogP contribution in [0.5, 0.6) is 0 Å². The van der Waals surface area contributed by atoms with E-state index in [4.69, 9.17) is 0 Å². The summed E-state index contributed by atoms with van der Waals surface area (Å²) in [5.41, 5.74) is 4.36. The summed E-state index contributed by atoms with van der Waals surface area (Å²) in [6.07, 6.45) is 7.18. The molecular weight excluding hydrogens is 384 g/mol. The molecule has 0 amide bonds. The smallest absolute Gasteiger partial charge is 0.271 e. The Morgan fingerprint density at radius 2 is 1.52 bits per heavy atom. The summed E-state index contributed by atoms with van der Waals surface area (Å²) in [4.78, 5) is 17.4. The summed E-state index contributed by atoms with van der Waals surface area (Å²) in [5.74, 6) is 0.836. The molecule has 3 fully saturated rings. The van der Waals surface area contributed by atoms with Crippen LogP contribution in [0.25, 0.3) is 16.8 Å². The zero-order chi connectivity index (χ0) is 20.8. The molecule has 2 aliphatic heterocycles. The highest BCUT2D eigenvalue weighted by molar-refractivity contribution is 5.67. The number of fused-ring (bicyclic) bond motifs is 1. The van der Waals surface area contributed by atoms with Crippen LogP contribution in [0.4, 0.5) is 5.69 Å². The van der Waals surface area contributed by atoms with Gasteiger partial charge in [0.05, 0.1) is 5.69 Å². The van der Waals surface area contributed by atoms with Crippen molar-refractivity contribution in [1.82, 2.24) is 14.7 Å². The second-order valence-electron chi connectivity index (χ2n) is 9.22. The fraction of sp³-hybridized carbons (Fsp3) is 0.385. The highest BCUT2D eigenvalue weighted by Crippen LogP contribution is 2.39. The van der Waals surface area contributed by atoms with Crippen molar-refractivity contribution in [2.45, 2.75) is 37.8 Å². The van der Waals surface area contributed by atoms with Gasteiger partial charge in [0, 0.05) is 49.7 Å². The third-order valence-electron chi connectivity index (χ3n) is 7.53. The van der Waals surface area contributed by atoms with Gasteiger partial charge in [0.25, 0.3) is 5.56 Å². The Kier molecular flexibility index (Phi) is 4.64. The third kappa shape index (κ3) is 3.37. The topological polar surface area (TPSA) is 41.4 Å². The molecule has 5 nitrogen and oxygen atoms in total. The van der Waals surface area contributed by atoms with Crippen LogP contribution in [0.1, 0.15) is 25.7 Å². The maximum Gasteiger partial charge on any atom is 0.271 e. The molecule has 1 saturated carbocycles. The van der Waals surface area contributed by atoms with Crippen molar-refractivity contribution in [2.24, 2.45) is 5.92 Å². The van der Waals surface area contributed by atoms with Gasteiger partial charge in [0.15, 0.2) is 0 Å². The van der Waals surface area contributed by atoms with E-state index in [0.717, 1.165) is 23.2 Å². The van der Waals surface area contributed by atoms with Gasteiger partial charge in [-0.15, -0.1) is 0 Å². The Balaban J connectivity index is 1.18. The number of likely N-dealkylation sites (tertiary alicyclic amines) is 1. The number of anilines is 1. The number of nitrogens with zero attached hydrogens (tertiary/aromatic N) is 4. The first kappa shape index (κ1) is 18.8. The summed E-state index contributed by atoms with van der Waals surface area (Å²) >= 11 is 0. The van der Waals surface area contributed by atoms with Crippen LogP contribution in [0, 0.1) is 5.92 Å². The molecule has 1 aliphatic carbocycles. The Morgan fingerprint density at radius 3 is 2.16 bits per heavy atom. The highest BCUT2D eigenvalue weighted by atomic mass is 16.1. The first-order valence-electron chi connectivity index (χ1n) is 11.5. The highest BCUT2D eigenvalue weighted by Gasteiger charge is 2.44. The van der Waals surface area contributed by atoms with Gasteiger partial charge in [-0.1, -0.05) is 30.7 Å². The summed E-state index contributed by atoms with van der Waals surface area (Å²) in [5, 5.41) is 4.15. The lowest BCUT2D eigenvalue weighted by Gasteiger charge is -2.36. The van der Waals surface area contributed by atoms with Gasteiger partial charge in [0.1, 0.15) is 0 Å². The standard InChI is InChI=1S/C26H28N4O/c31-26-5-2-15-27-30(26)24-12-8-20(9-13-24)19-6-10-23(11-7-19)29-16-14-21-17-28(18-25(21)29)22-3-1-4-22/h2,5-13,15,21-22,25H,1,3-4,14,16-18H2/t21-,25+/m1/s1. The molecule has 0 unspecified atom stereocenters. The second kappa shape index (κ2) is 7.65. The lowest BCUT2D eigenvalue weighted by atomic mass is 9.92. The summed E-state index contributed by atoms with van der Waals surface area (Å²) in [6, 6.07) is 21.8. The van der Waals surface area contributed by atoms with Gasteiger partial charge in [-0.25, -0.2) is 0 Å². The predicted molar refractivity (Wildman–Crippen MR) is 124 cm³/mol. The van der Waals surface area contributed by atoms with E-state index in [2.05, 4.69) is 51.3 Å². The van der Waals surface area contributed by atoms with Crippen molar-refractivity contribution in [3.05, 3.63) is 77.2 Å². The molecule has 3 heterocycles. The SMILES string of the molecule is O=c1cccnn1-c1ccc(-c2ccc(N3CC[C@@H]4CN(C5CCC5)C[C@@H]43)cc2)cc1. The van der Waals surface area contributed by atoms with Gasteiger partial charge in [-0.05, 0) is 66.6 Å². The van der Waals surface area contributed by atoms with Crippen LogP contribution in [0.15, 0.2) is 71.7 Å². The molecule has 1 aromatic heterocycles. The van der Waals surface area contributed by atoms with Crippen LogP contribution >= 0.6 is 0 Å². The van der Waals surface area contributed by atoms with E-state index in [1.807, 2.05) is 12.1 Å². The van der Waals surface area contributed by atoms with Crippen molar-refractivity contribution in [1.29, 1.82) is 0 Å². The van der Waals surface area contributed by atoms with E-state index in [9.17, 15) is 4.79 Å². The molecule has 5 heteroatoms. The Labute approximate surface area is 182 Å². The number of benzene rings is 2. The average Bonchev–Trinajstić information content (AvgIpc) is 3.34. The molecule has 6 rings (SSSR count). The fourth-order valence-corrected chi connectivity index (χ4v) is 5.56. The van der Waals surface area contributed by atoms with E-state index in [0.29, 0.717) is 6.04 Å². The molecule has 0 radical (unpaired) electrons. The lowest BCUT2D eigenvalue weighted by molar-refractivity contribution is 0.150. The number of hydrogen-bond donors (Lipinski definition) is 0. The Hall–Kier alpha value is -2.92. The fourth-order valence-electron chi connectivity index (χ4n) is 5.56. The molecule has 2 aromatic carbocycles. The molecule has 0 spiro atoms. The van der Waals surface area contributed by atoms with Gasteiger partial charge < -0.3 is 4.90 Å². The summed E-state index contributed by atoms with van der Waals surface area (Å²) < 4.78 is 1.42. The third-order valence-corrected chi connectivity index (χ3v) is 7.53. The first-order valence-corrected chi connectivity index (χ1v) is 11.5. The minimum atomic E-state index is -0.119. The normalized spacial score (nSPS) is 23.7. The second-order valence-corrected chi connectivity index (χ2v) is 9.22. The maximum atomic E-state index is 12.0. The molecule has 31 heavy (non-hydrogen) atoms. The number of aromatic nitrogens is 2. The van der Waals surface area contributed by atoms with E-state index < -0.39 is 0 Å². The van der Waals surface area contributed by atoms with Gasteiger partial charge in [-0.2, -0.15) is 9.78 Å². The molecule has 2 saturated heterocycles. The van der Waals surface area contributed by atoms with Crippen LogP contribution in [0.2, 0.25) is 0 Å². The molecule has 0 N–H and O–H groups in total. The van der Waals surface area contributed by atoms with Crippen molar-refractivity contribution in [2.75, 3.05) is 24.5 Å². The monoisotopic (exact) mass is 412 g/mol. The molecule has 0 bridgehead atoms. The Bertz CT molecular complexity index is 1120. The zero-order valence-corrected chi connectivity index (χ0v) is 17.7. The van der Waals surface area contributed by atoms with Crippen LogP contribution in [-0.2, 0) is 0 Å². The lowest BCUT2D eigenvalue weighted by Crippen LogP contribution is -2.42. The summed E-state index contributed by atoms with van der Waals surface area (Å²) in [6.45, 7) is 3.72. The van der Waals surface area contributed by atoms with E-state index in [-0.39, 0.29) is 5.56 Å². The van der Waals surface area contributed by atoms with E-state index >= 15 is 0 Å². The van der Waals surface area contributed by atoms with E-state index in [1.165, 1.54) is 67.3 Å². The molecule has 3 aromatic rings. The maximum absolute atomic E-state index is 12.0. The summed E-state index contributed by atoms with van der Waals surface area (Å²) in [7, 11) is 0. The average molecular weight is 413 g/mol. The minimum Gasteiger partial charge on any atom is -0.367 e. The van der Waals surface area contributed by atoms with E-state index in [1.54, 1.807) is 12.3 Å². The minimum absolute atomic E-state index is 0.119. The van der Waals surface area contributed by atoms with Gasteiger partial charge >= 0.3 is 0 Å². The quantitative estimate of drug-likeness (QED) is 0.650. The van der Waals surface area contributed by atoms with Gasteiger partial charge in [-0.3, -0.25) is 9.69 Å². The van der Waals surface area contributed by atoms with Crippen LogP contribution in [0.3, 0.4) is 0 Å². The molecular formula is C26H28N4O. The van der Waals surface area contributed by atoms with Crippen molar-refractivity contribution in [3.8, 4) is 16.8 Å². The Morgan fingerprint density at radius 1 is 0.806 bits per heavy atom. The molecule has 3 aliphatic rings. The molecule has 2 atom stereocenters. The molecule has 158 valence electrons. The largest absolute Gasteiger partial charge is 0.367 e. The van der Waals surface area contributed by atoms with Crippen molar-refractivity contribution < 1.29 is 0 Å². The number of hydrogen-bond acceptors (Lipinski definition) is 4. The van der Waals surface area contributed by atoms with Crippen LogP contribution in [-0.4, -0.2) is 46.4 Å². The van der Waals surface area contributed by atoms with Crippen molar-refractivity contribution in [3.63, 3.8) is 0 Å². The van der Waals surface area contributed by atoms with Crippen LogP contribution < -0.4 is 10.5 Å². The predicted octanol–water partition coefficient (Wildman–Crippen LogP) is 3.96.